The van der Waals surface area contributed by atoms with Gasteiger partial charge in [-0.2, -0.15) is 0 Å². The van der Waals surface area contributed by atoms with Gasteiger partial charge in [0.1, 0.15) is 12.6 Å². The Kier molecular flexibility index (Phi) is 12.5. The van der Waals surface area contributed by atoms with Crippen molar-refractivity contribution in [2.24, 2.45) is 11.8 Å². The molecule has 0 radical (unpaired) electrons. The van der Waals surface area contributed by atoms with Crippen LogP contribution in [0.2, 0.25) is 0 Å². The maximum absolute atomic E-state index is 10.2. The van der Waals surface area contributed by atoms with Gasteiger partial charge in [0.25, 0.3) is 0 Å². The molecule has 0 saturated heterocycles. The van der Waals surface area contributed by atoms with Crippen molar-refractivity contribution in [3.05, 3.63) is 24.3 Å². The summed E-state index contributed by atoms with van der Waals surface area (Å²) in [7, 11) is 0. The van der Waals surface area contributed by atoms with Gasteiger partial charge in [0.15, 0.2) is 0 Å². The minimum atomic E-state index is -0.983. The summed E-state index contributed by atoms with van der Waals surface area (Å²) in [5.41, 5.74) is 0.331. The molecule has 2 atom stereocenters. The Hall–Kier alpha value is -2.24. The number of hydrogen-bond donors (Lipinski definition) is 2. The number of carbonyl (C=O) groups excluding carboxylic acids is 2. The topological polar surface area (TPSA) is 109 Å². The summed E-state index contributed by atoms with van der Waals surface area (Å²) in [6.45, 7) is 10.2. The van der Waals surface area contributed by atoms with Gasteiger partial charge < -0.3 is 19.8 Å². The fourth-order valence-corrected chi connectivity index (χ4v) is 1.15. The third kappa shape index (κ3) is 12.8. The Morgan fingerprint density at radius 2 is 1.14 bits per heavy atom. The fraction of sp³-hybridized carbons (Fsp3) is 0.500. The molecule has 0 aromatic rings. The Morgan fingerprint density at radius 3 is 1.32 bits per heavy atom. The smallest absolute Gasteiger partial charge is 0.330 e. The minimum absolute atomic E-state index is 0.0777. The minimum Gasteiger partial charge on any atom is -0.478 e. The van der Waals surface area contributed by atoms with Gasteiger partial charge >= 0.3 is 11.9 Å². The highest BCUT2D eigenvalue weighted by Gasteiger charge is 2.06. The Morgan fingerprint density at radius 1 is 0.864 bits per heavy atom. The van der Waals surface area contributed by atoms with Crippen molar-refractivity contribution in [2.75, 3.05) is 0 Å². The molecule has 2 N–H and O–H groups in total. The quantitative estimate of drug-likeness (QED) is 0.474. The van der Waals surface area contributed by atoms with Crippen LogP contribution in [0.1, 0.15) is 39.5 Å². The zero-order valence-corrected chi connectivity index (χ0v) is 13.1. The molecule has 0 aliphatic heterocycles. The van der Waals surface area contributed by atoms with Crippen LogP contribution in [0.25, 0.3) is 0 Å². The van der Waals surface area contributed by atoms with Gasteiger partial charge in [0, 0.05) is 23.0 Å². The number of carboxylic acid groups (broad SMARTS) is 2. The van der Waals surface area contributed by atoms with Crippen LogP contribution in [0.5, 0.6) is 0 Å². The van der Waals surface area contributed by atoms with Crippen LogP contribution in [0.15, 0.2) is 24.3 Å². The first-order valence-corrected chi connectivity index (χ1v) is 6.88. The van der Waals surface area contributed by atoms with Crippen LogP contribution >= 0.6 is 0 Å². The molecular weight excluding hydrogens is 288 g/mol. The van der Waals surface area contributed by atoms with E-state index in [1.807, 2.05) is 0 Å². The maximum atomic E-state index is 10.2. The highest BCUT2D eigenvalue weighted by molar-refractivity contribution is 5.86. The molecule has 0 heterocycles. The summed E-state index contributed by atoms with van der Waals surface area (Å²) in [5, 5.41) is 16.8. The maximum Gasteiger partial charge on any atom is 0.330 e. The molecule has 0 bridgehead atoms. The predicted octanol–water partition coefficient (Wildman–Crippen LogP) is 2.48. The lowest BCUT2D eigenvalue weighted by Gasteiger charge is -2.01. The first-order chi connectivity index (χ1) is 10.1. The van der Waals surface area contributed by atoms with E-state index in [1.54, 1.807) is 13.8 Å². The lowest BCUT2D eigenvalue weighted by molar-refractivity contribution is -0.133. The Bertz CT molecular complexity index is 384. The van der Waals surface area contributed by atoms with Gasteiger partial charge in [-0.3, -0.25) is 0 Å². The number of carbonyl (C=O) groups is 4. The molecule has 0 spiro atoms. The number of aldehydes is 2. The molecule has 0 aliphatic carbocycles. The van der Waals surface area contributed by atoms with Gasteiger partial charge in [-0.25, -0.2) is 9.59 Å². The third-order valence-electron chi connectivity index (χ3n) is 2.87. The molecule has 6 nitrogen and oxygen atoms in total. The van der Waals surface area contributed by atoms with E-state index in [2.05, 4.69) is 13.2 Å². The predicted molar refractivity (Wildman–Crippen MR) is 82.5 cm³/mol. The second-order valence-corrected chi connectivity index (χ2v) is 5.12. The highest BCUT2D eigenvalue weighted by atomic mass is 16.4. The summed E-state index contributed by atoms with van der Waals surface area (Å²) in [4.78, 5) is 40.6. The van der Waals surface area contributed by atoms with Crippen molar-refractivity contribution in [2.45, 2.75) is 39.5 Å². The molecule has 22 heavy (non-hydrogen) atoms. The van der Waals surface area contributed by atoms with Crippen molar-refractivity contribution >= 4 is 24.5 Å². The van der Waals surface area contributed by atoms with Crippen molar-refractivity contribution in [3.63, 3.8) is 0 Å². The lowest BCUT2D eigenvalue weighted by Crippen LogP contribution is -2.02. The fourth-order valence-electron chi connectivity index (χ4n) is 1.15. The van der Waals surface area contributed by atoms with Crippen LogP contribution in [0, 0.1) is 11.8 Å². The van der Waals surface area contributed by atoms with Gasteiger partial charge in [-0.05, 0) is 25.7 Å². The van der Waals surface area contributed by atoms with E-state index >= 15 is 0 Å². The lowest BCUT2D eigenvalue weighted by atomic mass is 10.0. The number of aliphatic carboxylic acids is 2. The van der Waals surface area contributed by atoms with E-state index in [0.717, 1.165) is 12.6 Å². The van der Waals surface area contributed by atoms with Gasteiger partial charge in [-0.1, -0.05) is 27.0 Å². The first kappa shape index (κ1) is 22.0. The SMILES string of the molecule is C=C(CCC(C)C=O)C(=O)O.C=C(CCC(C)C=O)C(=O)O. The van der Waals surface area contributed by atoms with Crippen LogP contribution in [0.3, 0.4) is 0 Å². The average molecular weight is 312 g/mol. The third-order valence-corrected chi connectivity index (χ3v) is 2.87. The van der Waals surface area contributed by atoms with Gasteiger partial charge in [0.05, 0.1) is 0 Å². The van der Waals surface area contributed by atoms with Crippen LogP contribution in [0.4, 0.5) is 0 Å². The zero-order valence-electron chi connectivity index (χ0n) is 13.1. The molecule has 0 aromatic heterocycles. The van der Waals surface area contributed by atoms with E-state index in [4.69, 9.17) is 10.2 Å². The summed E-state index contributed by atoms with van der Waals surface area (Å²) in [5.74, 6) is -2.12. The second kappa shape index (κ2) is 12.5. The summed E-state index contributed by atoms with van der Waals surface area (Å²) in [6.07, 6.45) is 3.53. The van der Waals surface area contributed by atoms with Crippen molar-refractivity contribution in [3.8, 4) is 0 Å². The van der Waals surface area contributed by atoms with Crippen molar-refractivity contribution < 1.29 is 29.4 Å². The normalized spacial score (nSPS) is 12.1. The zero-order chi connectivity index (χ0) is 17.7. The molecular formula is C16H24O6. The molecule has 6 heteroatoms. The van der Waals surface area contributed by atoms with Crippen LogP contribution in [-0.4, -0.2) is 34.7 Å². The molecule has 124 valence electrons. The monoisotopic (exact) mass is 312 g/mol. The molecule has 0 saturated carbocycles. The molecule has 0 amide bonds. The second-order valence-electron chi connectivity index (χ2n) is 5.12. The summed E-state index contributed by atoms with van der Waals surface area (Å²) in [6, 6.07) is 0. The number of rotatable bonds is 10. The largest absolute Gasteiger partial charge is 0.478 e. The number of hydrogen-bond acceptors (Lipinski definition) is 4. The van der Waals surface area contributed by atoms with E-state index < -0.39 is 11.9 Å². The Balaban J connectivity index is 0. The van der Waals surface area contributed by atoms with Crippen molar-refractivity contribution in [1.82, 2.24) is 0 Å². The van der Waals surface area contributed by atoms with E-state index in [-0.39, 0.29) is 23.0 Å². The molecule has 0 rings (SSSR count). The molecule has 0 aromatic carbocycles. The van der Waals surface area contributed by atoms with E-state index in [1.165, 1.54) is 0 Å². The molecule has 0 aliphatic rings. The highest BCUT2D eigenvalue weighted by Crippen LogP contribution is 2.09. The summed E-state index contributed by atoms with van der Waals surface area (Å²) < 4.78 is 0. The molecule has 2 unspecified atom stereocenters. The van der Waals surface area contributed by atoms with Gasteiger partial charge in [0.2, 0.25) is 0 Å². The van der Waals surface area contributed by atoms with E-state index in [0.29, 0.717) is 25.7 Å². The average Bonchev–Trinajstić information content (AvgIpc) is 2.49. The molecule has 0 fully saturated rings. The standard InChI is InChI=1S/2C8H12O3/c2*1-6(5-9)3-4-7(2)8(10)11/h2*5-6H,2-4H2,1H3,(H,10,11). The number of carboxylic acids is 2. The summed E-state index contributed by atoms with van der Waals surface area (Å²) >= 11 is 0. The van der Waals surface area contributed by atoms with E-state index in [9.17, 15) is 19.2 Å². The Labute approximate surface area is 130 Å². The van der Waals surface area contributed by atoms with Crippen LogP contribution < -0.4 is 0 Å². The van der Waals surface area contributed by atoms with Crippen molar-refractivity contribution in [1.29, 1.82) is 0 Å². The van der Waals surface area contributed by atoms with Crippen LogP contribution in [-0.2, 0) is 19.2 Å². The first-order valence-electron chi connectivity index (χ1n) is 6.88. The van der Waals surface area contributed by atoms with Gasteiger partial charge in [-0.15, -0.1) is 0 Å².